The van der Waals surface area contributed by atoms with Gasteiger partial charge in [0.25, 0.3) is 0 Å². The Bertz CT molecular complexity index is 472. The van der Waals surface area contributed by atoms with Crippen molar-refractivity contribution in [1.82, 2.24) is 0 Å². The lowest BCUT2D eigenvalue weighted by Crippen LogP contribution is -2.43. The van der Waals surface area contributed by atoms with Gasteiger partial charge in [-0.2, -0.15) is 0 Å². The first-order chi connectivity index (χ1) is 8.61. The zero-order chi connectivity index (χ0) is 13.1. The summed E-state index contributed by atoms with van der Waals surface area (Å²) in [5, 5.41) is 8.94. The second-order valence-electron chi connectivity index (χ2n) is 4.24. The number of anilines is 1. The van der Waals surface area contributed by atoms with Crippen LogP contribution in [0.25, 0.3) is 0 Å². The van der Waals surface area contributed by atoms with Gasteiger partial charge >= 0.3 is 6.09 Å². The van der Waals surface area contributed by atoms with Crippen molar-refractivity contribution < 1.29 is 19.4 Å². The van der Waals surface area contributed by atoms with Crippen LogP contribution in [0.3, 0.4) is 0 Å². The molecule has 2 rings (SSSR count). The Hall–Kier alpha value is -1.88. The molecule has 0 aromatic heterocycles. The Kier molecular flexibility index (Phi) is 3.62. The minimum Gasteiger partial charge on any atom is -0.443 e. The fraction of sp³-hybridized carbons (Fsp3) is 0.385. The number of ether oxygens (including phenoxy) is 1. The minimum absolute atomic E-state index is 0.0459. The molecule has 1 N–H and O–H groups in total. The number of benzene rings is 1. The van der Waals surface area contributed by atoms with Gasteiger partial charge in [-0.05, 0) is 19.1 Å². The predicted octanol–water partition coefficient (Wildman–Crippen LogP) is 1.60. The molecule has 5 heteroatoms. The average molecular weight is 249 g/mol. The third kappa shape index (κ3) is 2.51. The summed E-state index contributed by atoms with van der Waals surface area (Å²) in [7, 11) is 0. The van der Waals surface area contributed by atoms with Crippen LogP contribution in [0.2, 0.25) is 0 Å². The van der Waals surface area contributed by atoms with E-state index in [9.17, 15) is 9.59 Å². The van der Waals surface area contributed by atoms with Crippen LogP contribution in [0, 0.1) is 0 Å². The molecule has 1 heterocycles. The van der Waals surface area contributed by atoms with Gasteiger partial charge in [-0.25, -0.2) is 4.79 Å². The summed E-state index contributed by atoms with van der Waals surface area (Å²) in [5.74, 6) is -0.0459. The number of hydrogen-bond donors (Lipinski definition) is 1. The smallest absolute Gasteiger partial charge is 0.414 e. The first-order valence-corrected chi connectivity index (χ1v) is 5.82. The summed E-state index contributed by atoms with van der Waals surface area (Å²) in [5.41, 5.74) is 1.20. The standard InChI is InChI=1S/C13H15NO4/c1-9(16)10-3-2-4-11(7-10)14-6-5-12(8-15)18-13(14)17/h2-4,7,12,15H,5-6,8H2,1H3. The van der Waals surface area contributed by atoms with E-state index in [0.29, 0.717) is 24.2 Å². The molecule has 1 saturated heterocycles. The lowest BCUT2D eigenvalue weighted by atomic mass is 10.1. The summed E-state index contributed by atoms with van der Waals surface area (Å²) < 4.78 is 5.05. The van der Waals surface area contributed by atoms with Crippen molar-refractivity contribution in [2.45, 2.75) is 19.4 Å². The van der Waals surface area contributed by atoms with Crippen LogP contribution in [0.1, 0.15) is 23.7 Å². The highest BCUT2D eigenvalue weighted by atomic mass is 16.6. The van der Waals surface area contributed by atoms with E-state index in [-0.39, 0.29) is 12.4 Å². The average Bonchev–Trinajstić information content (AvgIpc) is 2.38. The van der Waals surface area contributed by atoms with Crippen LogP contribution in [0.5, 0.6) is 0 Å². The summed E-state index contributed by atoms with van der Waals surface area (Å²) in [6.07, 6.45) is -0.335. The SMILES string of the molecule is CC(=O)c1cccc(N2CCC(CO)OC2=O)c1. The second kappa shape index (κ2) is 5.18. The van der Waals surface area contributed by atoms with Crippen molar-refractivity contribution in [2.75, 3.05) is 18.1 Å². The summed E-state index contributed by atoms with van der Waals surface area (Å²) in [6.45, 7) is 1.80. The maximum absolute atomic E-state index is 11.8. The van der Waals surface area contributed by atoms with Crippen molar-refractivity contribution in [3.05, 3.63) is 29.8 Å². The molecule has 1 aromatic carbocycles. The van der Waals surface area contributed by atoms with Crippen molar-refractivity contribution in [2.24, 2.45) is 0 Å². The molecule has 1 fully saturated rings. The molecule has 5 nitrogen and oxygen atoms in total. The number of nitrogens with zero attached hydrogens (tertiary/aromatic N) is 1. The van der Waals surface area contributed by atoms with Crippen molar-refractivity contribution in [3.8, 4) is 0 Å². The fourth-order valence-corrected chi connectivity index (χ4v) is 1.89. The third-order valence-corrected chi connectivity index (χ3v) is 2.93. The van der Waals surface area contributed by atoms with Crippen molar-refractivity contribution >= 4 is 17.6 Å². The minimum atomic E-state index is -0.485. The number of ketones is 1. The van der Waals surface area contributed by atoms with E-state index in [1.807, 2.05) is 0 Å². The molecule has 96 valence electrons. The summed E-state index contributed by atoms with van der Waals surface area (Å²) in [4.78, 5) is 24.5. The van der Waals surface area contributed by atoms with Gasteiger partial charge in [0.1, 0.15) is 6.10 Å². The molecule has 1 unspecified atom stereocenters. The Morgan fingerprint density at radius 3 is 2.94 bits per heavy atom. The van der Waals surface area contributed by atoms with Gasteiger partial charge in [-0.1, -0.05) is 12.1 Å². The molecule has 1 atom stereocenters. The first-order valence-electron chi connectivity index (χ1n) is 5.82. The molecular formula is C13H15NO4. The fourth-order valence-electron chi connectivity index (χ4n) is 1.89. The van der Waals surface area contributed by atoms with Crippen molar-refractivity contribution in [1.29, 1.82) is 0 Å². The molecule has 0 saturated carbocycles. The largest absolute Gasteiger partial charge is 0.443 e. The Morgan fingerprint density at radius 2 is 2.33 bits per heavy atom. The van der Waals surface area contributed by atoms with E-state index in [2.05, 4.69) is 0 Å². The molecule has 0 aliphatic carbocycles. The van der Waals surface area contributed by atoms with E-state index in [0.717, 1.165) is 0 Å². The van der Waals surface area contributed by atoms with Crippen molar-refractivity contribution in [3.63, 3.8) is 0 Å². The maximum Gasteiger partial charge on any atom is 0.414 e. The number of rotatable bonds is 3. The zero-order valence-electron chi connectivity index (χ0n) is 10.1. The summed E-state index contributed by atoms with van der Waals surface area (Å²) >= 11 is 0. The van der Waals surface area contributed by atoms with Gasteiger partial charge in [0.05, 0.1) is 6.61 Å². The molecule has 18 heavy (non-hydrogen) atoms. The van der Waals surface area contributed by atoms with E-state index in [4.69, 9.17) is 9.84 Å². The number of carbonyl (C=O) groups excluding carboxylic acids is 2. The van der Waals surface area contributed by atoms with E-state index in [1.54, 1.807) is 24.3 Å². The van der Waals surface area contributed by atoms with E-state index >= 15 is 0 Å². The molecule has 1 aliphatic heterocycles. The quantitative estimate of drug-likeness (QED) is 0.826. The van der Waals surface area contributed by atoms with Gasteiger partial charge in [0.2, 0.25) is 0 Å². The highest BCUT2D eigenvalue weighted by molar-refractivity contribution is 5.96. The van der Waals surface area contributed by atoms with E-state index in [1.165, 1.54) is 11.8 Å². The third-order valence-electron chi connectivity index (χ3n) is 2.93. The molecule has 1 amide bonds. The number of Topliss-reactive ketones (excluding diaryl/α,β-unsaturated/α-hetero) is 1. The number of aliphatic hydroxyl groups is 1. The Morgan fingerprint density at radius 1 is 1.56 bits per heavy atom. The highest BCUT2D eigenvalue weighted by Gasteiger charge is 2.27. The molecule has 0 spiro atoms. The van der Waals surface area contributed by atoms with Crippen LogP contribution in [0.4, 0.5) is 10.5 Å². The van der Waals surface area contributed by atoms with Crippen LogP contribution in [-0.2, 0) is 4.74 Å². The number of aliphatic hydroxyl groups excluding tert-OH is 1. The zero-order valence-corrected chi connectivity index (χ0v) is 10.1. The molecule has 0 bridgehead atoms. The lowest BCUT2D eigenvalue weighted by Gasteiger charge is -2.31. The maximum atomic E-state index is 11.8. The predicted molar refractivity (Wildman–Crippen MR) is 65.8 cm³/mol. The molecule has 0 radical (unpaired) electrons. The first kappa shape index (κ1) is 12.6. The van der Waals surface area contributed by atoms with Crippen LogP contribution in [-0.4, -0.2) is 36.2 Å². The normalized spacial score (nSPS) is 19.6. The monoisotopic (exact) mass is 249 g/mol. The Labute approximate surface area is 105 Å². The van der Waals surface area contributed by atoms with Gasteiger partial charge in [-0.3, -0.25) is 9.69 Å². The molecule has 1 aliphatic rings. The van der Waals surface area contributed by atoms with E-state index < -0.39 is 12.2 Å². The topological polar surface area (TPSA) is 66.8 Å². The number of carbonyl (C=O) groups is 2. The lowest BCUT2D eigenvalue weighted by molar-refractivity contribution is 0.0453. The number of hydrogen-bond acceptors (Lipinski definition) is 4. The summed E-state index contributed by atoms with van der Waals surface area (Å²) in [6, 6.07) is 6.87. The Balaban J connectivity index is 2.19. The van der Waals surface area contributed by atoms with Crippen LogP contribution < -0.4 is 4.90 Å². The molecule has 1 aromatic rings. The second-order valence-corrected chi connectivity index (χ2v) is 4.24. The highest BCUT2D eigenvalue weighted by Crippen LogP contribution is 2.22. The number of amides is 1. The van der Waals surface area contributed by atoms with Gasteiger partial charge in [0, 0.05) is 24.2 Å². The van der Waals surface area contributed by atoms with Crippen LogP contribution >= 0.6 is 0 Å². The van der Waals surface area contributed by atoms with Gasteiger partial charge in [0.15, 0.2) is 5.78 Å². The van der Waals surface area contributed by atoms with Gasteiger partial charge in [-0.15, -0.1) is 0 Å². The molecular weight excluding hydrogens is 234 g/mol. The van der Waals surface area contributed by atoms with Gasteiger partial charge < -0.3 is 9.84 Å². The van der Waals surface area contributed by atoms with Crippen LogP contribution in [0.15, 0.2) is 24.3 Å². The number of cyclic esters (lactones) is 1.